The summed E-state index contributed by atoms with van der Waals surface area (Å²) in [7, 11) is -2.11. The highest BCUT2D eigenvalue weighted by atomic mass is 32.2. The second kappa shape index (κ2) is 4.72. The number of likely N-dealkylation sites (N-methyl/N-ethyl adjacent to an activating group) is 1. The number of hydrogen-bond acceptors (Lipinski definition) is 3. The Kier molecular flexibility index (Phi) is 3.43. The Labute approximate surface area is 106 Å². The summed E-state index contributed by atoms with van der Waals surface area (Å²) in [6, 6.07) is 7.28. The minimum atomic E-state index is -3.57. The van der Waals surface area contributed by atoms with E-state index >= 15 is 0 Å². The fraction of sp³-hybridized carbons (Fsp3) is 0.333. The van der Waals surface area contributed by atoms with Gasteiger partial charge in [0.25, 0.3) is 0 Å². The van der Waals surface area contributed by atoms with Crippen LogP contribution >= 0.6 is 0 Å². The average molecular weight is 268 g/mol. The molecule has 0 aliphatic carbocycles. The van der Waals surface area contributed by atoms with Crippen LogP contribution in [-0.2, 0) is 10.0 Å². The van der Waals surface area contributed by atoms with E-state index in [-0.39, 0.29) is 18.0 Å². The molecule has 0 aliphatic heterocycles. The van der Waals surface area contributed by atoms with Crippen LogP contribution in [0.4, 0.5) is 0 Å². The van der Waals surface area contributed by atoms with Gasteiger partial charge >= 0.3 is 0 Å². The minimum absolute atomic E-state index is 0.0846. The molecular weight excluding hydrogens is 252 g/mol. The Bertz CT molecular complexity index is 661. The molecule has 98 valence electrons. The monoisotopic (exact) mass is 268 g/mol. The fourth-order valence-electron chi connectivity index (χ4n) is 2.00. The zero-order valence-corrected chi connectivity index (χ0v) is 11.2. The maximum atomic E-state index is 12.4. The van der Waals surface area contributed by atoms with Crippen molar-refractivity contribution >= 4 is 20.9 Å². The lowest BCUT2D eigenvalue weighted by Crippen LogP contribution is -2.29. The van der Waals surface area contributed by atoms with E-state index in [4.69, 9.17) is 5.11 Å². The first-order valence-electron chi connectivity index (χ1n) is 5.63. The molecule has 0 bridgehead atoms. The van der Waals surface area contributed by atoms with Crippen molar-refractivity contribution in [1.82, 2.24) is 9.29 Å². The summed E-state index contributed by atoms with van der Waals surface area (Å²) in [5, 5.41) is 9.55. The summed E-state index contributed by atoms with van der Waals surface area (Å²) in [6.45, 7) is 1.62. The van der Waals surface area contributed by atoms with Gasteiger partial charge in [-0.05, 0) is 13.0 Å². The highest BCUT2D eigenvalue weighted by molar-refractivity contribution is 7.89. The predicted molar refractivity (Wildman–Crippen MR) is 69.9 cm³/mol. The molecule has 1 heterocycles. The number of fused-ring (bicyclic) bond motifs is 1. The summed E-state index contributed by atoms with van der Waals surface area (Å²) >= 11 is 0. The molecule has 0 spiro atoms. The molecule has 0 saturated carbocycles. The number of hydrogen-bond donors (Lipinski definition) is 2. The molecule has 0 saturated heterocycles. The average Bonchev–Trinajstić information content (AvgIpc) is 2.65. The Morgan fingerprint density at radius 1 is 1.33 bits per heavy atom. The van der Waals surface area contributed by atoms with Gasteiger partial charge in [0.2, 0.25) is 10.0 Å². The first kappa shape index (κ1) is 13.1. The van der Waals surface area contributed by atoms with Gasteiger partial charge in [-0.2, -0.15) is 4.31 Å². The number of H-pyrrole nitrogens is 1. The predicted octanol–water partition coefficient (Wildman–Crippen LogP) is 1.09. The third kappa shape index (κ3) is 2.03. The summed E-state index contributed by atoms with van der Waals surface area (Å²) in [6.07, 6.45) is 0. The van der Waals surface area contributed by atoms with E-state index in [1.165, 1.54) is 7.05 Å². The Hall–Kier alpha value is -1.37. The molecule has 5 nitrogen and oxygen atoms in total. The van der Waals surface area contributed by atoms with Crippen molar-refractivity contribution in [2.75, 3.05) is 20.2 Å². The SMILES string of the molecule is Cc1[nH]c2ccccc2c1S(=O)(=O)N(C)CCO. The van der Waals surface area contributed by atoms with Gasteiger partial charge in [0.1, 0.15) is 4.90 Å². The number of para-hydroxylation sites is 1. The standard InChI is InChI=1S/C12H16N2O3S/c1-9-12(18(16,17)14(2)7-8-15)10-5-3-4-6-11(10)13-9/h3-6,13,15H,7-8H2,1-2H3. The molecule has 2 N–H and O–H groups in total. The van der Waals surface area contributed by atoms with Gasteiger partial charge < -0.3 is 10.1 Å². The molecule has 1 aromatic carbocycles. The number of aromatic nitrogens is 1. The van der Waals surface area contributed by atoms with Gasteiger partial charge in [-0.3, -0.25) is 0 Å². The Morgan fingerprint density at radius 2 is 2.00 bits per heavy atom. The smallest absolute Gasteiger partial charge is 0.245 e. The highest BCUT2D eigenvalue weighted by Gasteiger charge is 2.26. The quantitative estimate of drug-likeness (QED) is 0.871. The zero-order valence-electron chi connectivity index (χ0n) is 10.3. The lowest BCUT2D eigenvalue weighted by atomic mass is 10.2. The lowest BCUT2D eigenvalue weighted by molar-refractivity contribution is 0.266. The molecule has 0 fully saturated rings. The summed E-state index contributed by atoms with van der Waals surface area (Å²) in [5.41, 5.74) is 1.41. The molecule has 0 atom stereocenters. The molecule has 1 aromatic heterocycles. The third-order valence-corrected chi connectivity index (χ3v) is 4.96. The number of aliphatic hydroxyl groups excluding tert-OH is 1. The van der Waals surface area contributed by atoms with E-state index in [0.717, 1.165) is 9.82 Å². The van der Waals surface area contributed by atoms with E-state index in [9.17, 15) is 8.42 Å². The maximum absolute atomic E-state index is 12.4. The van der Waals surface area contributed by atoms with Gasteiger partial charge in [-0.1, -0.05) is 18.2 Å². The van der Waals surface area contributed by atoms with E-state index in [1.807, 2.05) is 12.1 Å². The van der Waals surface area contributed by atoms with E-state index in [2.05, 4.69) is 4.98 Å². The Morgan fingerprint density at radius 3 is 2.67 bits per heavy atom. The second-order valence-corrected chi connectivity index (χ2v) is 6.16. The van der Waals surface area contributed by atoms with Crippen LogP contribution in [0.15, 0.2) is 29.2 Å². The van der Waals surface area contributed by atoms with Crippen molar-refractivity contribution in [3.05, 3.63) is 30.0 Å². The van der Waals surface area contributed by atoms with E-state index < -0.39 is 10.0 Å². The van der Waals surface area contributed by atoms with Crippen molar-refractivity contribution in [3.8, 4) is 0 Å². The van der Waals surface area contributed by atoms with Crippen molar-refractivity contribution in [1.29, 1.82) is 0 Å². The molecule has 0 aliphatic rings. The number of benzene rings is 1. The van der Waals surface area contributed by atoms with Crippen molar-refractivity contribution in [3.63, 3.8) is 0 Å². The number of rotatable bonds is 4. The molecule has 6 heteroatoms. The van der Waals surface area contributed by atoms with Gasteiger partial charge in [0.05, 0.1) is 6.61 Å². The van der Waals surface area contributed by atoms with Crippen LogP contribution in [0.5, 0.6) is 0 Å². The molecule has 0 unspecified atom stereocenters. The first-order valence-corrected chi connectivity index (χ1v) is 7.07. The van der Waals surface area contributed by atoms with Gasteiger partial charge in [-0.25, -0.2) is 8.42 Å². The number of sulfonamides is 1. The summed E-state index contributed by atoms with van der Waals surface area (Å²) in [4.78, 5) is 3.35. The number of aryl methyl sites for hydroxylation is 1. The van der Waals surface area contributed by atoms with Crippen molar-refractivity contribution in [2.24, 2.45) is 0 Å². The largest absolute Gasteiger partial charge is 0.395 e. The summed E-state index contributed by atoms with van der Waals surface area (Å²) in [5.74, 6) is 0. The van der Waals surface area contributed by atoms with Crippen molar-refractivity contribution in [2.45, 2.75) is 11.8 Å². The first-order chi connectivity index (χ1) is 8.48. The molecular formula is C12H16N2O3S. The zero-order chi connectivity index (χ0) is 13.3. The van der Waals surface area contributed by atoms with E-state index in [0.29, 0.717) is 11.1 Å². The van der Waals surface area contributed by atoms with Crippen molar-refractivity contribution < 1.29 is 13.5 Å². The van der Waals surface area contributed by atoms with Crippen LogP contribution in [0.25, 0.3) is 10.9 Å². The van der Waals surface area contributed by atoms with Crippen LogP contribution in [-0.4, -0.2) is 43.0 Å². The molecule has 0 radical (unpaired) electrons. The molecule has 2 rings (SSSR count). The minimum Gasteiger partial charge on any atom is -0.395 e. The van der Waals surface area contributed by atoms with Crippen LogP contribution in [0, 0.1) is 6.92 Å². The van der Waals surface area contributed by atoms with Crippen LogP contribution in [0.2, 0.25) is 0 Å². The molecule has 0 amide bonds. The van der Waals surface area contributed by atoms with Gasteiger partial charge in [0, 0.05) is 30.2 Å². The highest BCUT2D eigenvalue weighted by Crippen LogP contribution is 2.28. The van der Waals surface area contributed by atoms with Crippen LogP contribution in [0.3, 0.4) is 0 Å². The maximum Gasteiger partial charge on any atom is 0.245 e. The topological polar surface area (TPSA) is 73.4 Å². The second-order valence-electron chi connectivity index (χ2n) is 4.17. The lowest BCUT2D eigenvalue weighted by Gasteiger charge is -2.15. The molecule has 18 heavy (non-hydrogen) atoms. The molecule has 2 aromatic rings. The normalized spacial score (nSPS) is 12.4. The van der Waals surface area contributed by atoms with Crippen LogP contribution in [0.1, 0.15) is 5.69 Å². The van der Waals surface area contributed by atoms with Gasteiger partial charge in [-0.15, -0.1) is 0 Å². The number of aliphatic hydroxyl groups is 1. The van der Waals surface area contributed by atoms with Gasteiger partial charge in [0.15, 0.2) is 0 Å². The fourth-order valence-corrected chi connectivity index (χ4v) is 3.53. The van der Waals surface area contributed by atoms with Crippen LogP contribution < -0.4 is 0 Å². The van der Waals surface area contributed by atoms with E-state index in [1.54, 1.807) is 19.1 Å². The third-order valence-electron chi connectivity index (χ3n) is 2.92. The number of nitrogens with one attached hydrogen (secondary N) is 1. The number of aromatic amines is 1. The Balaban J connectivity index is 2.64. The number of nitrogens with zero attached hydrogens (tertiary/aromatic N) is 1. The summed E-state index contributed by atoms with van der Waals surface area (Å²) < 4.78 is 26.0.